The number of halogens is 1. The number of rotatable bonds is 6. The van der Waals surface area contributed by atoms with Gasteiger partial charge in [-0.25, -0.2) is 0 Å². The SMILES string of the molecule is C[C@H](NC(=O)C(C)(C)CSc1cccc(Br)c1)c1ccccc1. The Morgan fingerprint density at radius 1 is 1.17 bits per heavy atom. The van der Waals surface area contributed by atoms with E-state index in [0.29, 0.717) is 0 Å². The molecule has 0 heterocycles. The lowest BCUT2D eigenvalue weighted by Crippen LogP contribution is -2.39. The van der Waals surface area contributed by atoms with E-state index in [1.165, 1.54) is 0 Å². The number of amides is 1. The van der Waals surface area contributed by atoms with Gasteiger partial charge in [0.25, 0.3) is 0 Å². The number of hydrogen-bond donors (Lipinski definition) is 1. The first-order valence-corrected chi connectivity index (χ1v) is 9.40. The maximum atomic E-state index is 12.6. The topological polar surface area (TPSA) is 29.1 Å². The minimum Gasteiger partial charge on any atom is -0.349 e. The summed E-state index contributed by atoms with van der Waals surface area (Å²) >= 11 is 5.18. The van der Waals surface area contributed by atoms with Crippen molar-refractivity contribution in [2.45, 2.75) is 31.7 Å². The standard InChI is InChI=1S/C19H22BrNOS/c1-14(15-8-5-4-6-9-15)21-18(22)19(2,3)13-23-17-11-7-10-16(20)12-17/h4-12,14H,13H2,1-3H3,(H,21,22)/t14-/m0/s1. The first-order chi connectivity index (χ1) is 10.9. The van der Waals surface area contributed by atoms with Crippen molar-refractivity contribution in [3.8, 4) is 0 Å². The van der Waals surface area contributed by atoms with Crippen LogP contribution in [0.3, 0.4) is 0 Å². The Hall–Kier alpha value is -1.26. The van der Waals surface area contributed by atoms with Crippen LogP contribution in [-0.4, -0.2) is 11.7 Å². The lowest BCUT2D eigenvalue weighted by molar-refractivity contribution is -0.128. The van der Waals surface area contributed by atoms with Crippen LogP contribution in [0.5, 0.6) is 0 Å². The summed E-state index contributed by atoms with van der Waals surface area (Å²) in [7, 11) is 0. The van der Waals surface area contributed by atoms with Crippen LogP contribution in [0.2, 0.25) is 0 Å². The smallest absolute Gasteiger partial charge is 0.226 e. The second-order valence-electron chi connectivity index (χ2n) is 6.24. The van der Waals surface area contributed by atoms with Crippen molar-refractivity contribution in [3.05, 3.63) is 64.6 Å². The van der Waals surface area contributed by atoms with Gasteiger partial charge in [0, 0.05) is 15.1 Å². The van der Waals surface area contributed by atoms with E-state index in [-0.39, 0.29) is 11.9 Å². The Kier molecular flexibility index (Phi) is 6.31. The zero-order chi connectivity index (χ0) is 16.9. The van der Waals surface area contributed by atoms with Gasteiger partial charge in [0.1, 0.15) is 0 Å². The molecule has 0 aliphatic rings. The third kappa shape index (κ3) is 5.40. The fourth-order valence-corrected chi connectivity index (χ4v) is 3.70. The molecule has 0 unspecified atom stereocenters. The molecular weight excluding hydrogens is 370 g/mol. The lowest BCUT2D eigenvalue weighted by Gasteiger charge is -2.26. The van der Waals surface area contributed by atoms with Gasteiger partial charge in [-0.1, -0.05) is 66.2 Å². The average molecular weight is 392 g/mol. The van der Waals surface area contributed by atoms with E-state index in [4.69, 9.17) is 0 Å². The molecule has 1 atom stereocenters. The lowest BCUT2D eigenvalue weighted by atomic mass is 9.94. The van der Waals surface area contributed by atoms with E-state index in [2.05, 4.69) is 33.4 Å². The molecule has 0 saturated heterocycles. The molecule has 0 aromatic heterocycles. The molecular formula is C19H22BrNOS. The summed E-state index contributed by atoms with van der Waals surface area (Å²) in [6.07, 6.45) is 0. The quantitative estimate of drug-likeness (QED) is 0.663. The summed E-state index contributed by atoms with van der Waals surface area (Å²) in [6.45, 7) is 6.00. The van der Waals surface area contributed by atoms with E-state index in [1.54, 1.807) is 11.8 Å². The minimum absolute atomic E-state index is 0.0128. The van der Waals surface area contributed by atoms with Crippen LogP contribution < -0.4 is 5.32 Å². The molecule has 2 nitrogen and oxygen atoms in total. The summed E-state index contributed by atoms with van der Waals surface area (Å²) < 4.78 is 1.06. The minimum atomic E-state index is -0.434. The van der Waals surface area contributed by atoms with E-state index >= 15 is 0 Å². The molecule has 2 rings (SSSR count). The van der Waals surface area contributed by atoms with Crippen molar-refractivity contribution in [2.24, 2.45) is 5.41 Å². The Bertz CT molecular complexity index is 657. The molecule has 0 fully saturated rings. The molecule has 2 aromatic rings. The number of carbonyl (C=O) groups excluding carboxylic acids is 1. The third-order valence-electron chi connectivity index (χ3n) is 3.66. The zero-order valence-electron chi connectivity index (χ0n) is 13.7. The third-order valence-corrected chi connectivity index (χ3v) is 5.60. The van der Waals surface area contributed by atoms with Gasteiger partial charge in [0.15, 0.2) is 0 Å². The van der Waals surface area contributed by atoms with Crippen molar-refractivity contribution in [3.63, 3.8) is 0 Å². The Morgan fingerprint density at radius 2 is 1.87 bits per heavy atom. The largest absolute Gasteiger partial charge is 0.349 e. The van der Waals surface area contributed by atoms with Crippen LogP contribution in [0, 0.1) is 5.41 Å². The Balaban J connectivity index is 1.94. The maximum Gasteiger partial charge on any atom is 0.226 e. The molecule has 0 saturated carbocycles. The van der Waals surface area contributed by atoms with Crippen molar-refractivity contribution < 1.29 is 4.79 Å². The average Bonchev–Trinajstić information content (AvgIpc) is 2.54. The fraction of sp³-hybridized carbons (Fsp3) is 0.316. The fourth-order valence-electron chi connectivity index (χ4n) is 2.10. The van der Waals surface area contributed by atoms with Crippen molar-refractivity contribution in [1.29, 1.82) is 0 Å². The normalized spacial score (nSPS) is 12.7. The van der Waals surface area contributed by atoms with Gasteiger partial charge in [-0.2, -0.15) is 0 Å². The molecule has 1 amide bonds. The zero-order valence-corrected chi connectivity index (χ0v) is 16.1. The van der Waals surface area contributed by atoms with Gasteiger partial charge in [-0.3, -0.25) is 4.79 Å². The molecule has 0 radical (unpaired) electrons. The van der Waals surface area contributed by atoms with Gasteiger partial charge in [0.05, 0.1) is 11.5 Å². The number of benzene rings is 2. The summed E-state index contributed by atoms with van der Waals surface area (Å²) in [5.74, 6) is 0.813. The molecule has 0 aliphatic carbocycles. The first-order valence-electron chi connectivity index (χ1n) is 7.63. The van der Waals surface area contributed by atoms with Crippen LogP contribution in [-0.2, 0) is 4.79 Å². The van der Waals surface area contributed by atoms with E-state index in [0.717, 1.165) is 20.7 Å². The van der Waals surface area contributed by atoms with E-state index in [1.807, 2.05) is 63.2 Å². The molecule has 4 heteroatoms. The van der Waals surface area contributed by atoms with Gasteiger partial charge in [-0.15, -0.1) is 11.8 Å². The van der Waals surface area contributed by atoms with Crippen LogP contribution in [0.15, 0.2) is 64.0 Å². The highest BCUT2D eigenvalue weighted by molar-refractivity contribution is 9.10. The Morgan fingerprint density at radius 3 is 2.52 bits per heavy atom. The molecule has 122 valence electrons. The number of carbonyl (C=O) groups is 1. The molecule has 0 spiro atoms. The van der Waals surface area contributed by atoms with Gasteiger partial charge < -0.3 is 5.32 Å². The van der Waals surface area contributed by atoms with Gasteiger partial charge in [-0.05, 0) is 30.7 Å². The van der Waals surface area contributed by atoms with Crippen LogP contribution in [0.25, 0.3) is 0 Å². The van der Waals surface area contributed by atoms with Gasteiger partial charge in [0.2, 0.25) is 5.91 Å². The molecule has 23 heavy (non-hydrogen) atoms. The van der Waals surface area contributed by atoms with Crippen molar-refractivity contribution >= 4 is 33.6 Å². The predicted molar refractivity (Wildman–Crippen MR) is 102 cm³/mol. The Labute approximate surface area is 151 Å². The number of nitrogens with one attached hydrogen (secondary N) is 1. The summed E-state index contributed by atoms with van der Waals surface area (Å²) in [6, 6.07) is 18.2. The van der Waals surface area contributed by atoms with Crippen LogP contribution >= 0.6 is 27.7 Å². The summed E-state index contributed by atoms with van der Waals surface area (Å²) in [5.41, 5.74) is 0.687. The van der Waals surface area contributed by atoms with Gasteiger partial charge >= 0.3 is 0 Å². The molecule has 0 bridgehead atoms. The molecule has 0 aliphatic heterocycles. The maximum absolute atomic E-state index is 12.6. The number of thioether (sulfide) groups is 1. The van der Waals surface area contributed by atoms with Crippen LogP contribution in [0.1, 0.15) is 32.4 Å². The monoisotopic (exact) mass is 391 g/mol. The second kappa shape index (κ2) is 8.02. The molecule has 2 aromatic carbocycles. The van der Waals surface area contributed by atoms with Crippen molar-refractivity contribution in [1.82, 2.24) is 5.32 Å². The second-order valence-corrected chi connectivity index (χ2v) is 8.20. The van der Waals surface area contributed by atoms with Crippen molar-refractivity contribution in [2.75, 3.05) is 5.75 Å². The predicted octanol–water partition coefficient (Wildman–Crippen LogP) is 5.44. The van der Waals surface area contributed by atoms with Crippen LogP contribution in [0.4, 0.5) is 0 Å². The van der Waals surface area contributed by atoms with E-state index in [9.17, 15) is 4.79 Å². The molecule has 1 N–H and O–H groups in total. The summed E-state index contributed by atoms with van der Waals surface area (Å²) in [5, 5.41) is 3.12. The highest BCUT2D eigenvalue weighted by Gasteiger charge is 2.29. The number of hydrogen-bond acceptors (Lipinski definition) is 2. The van der Waals surface area contributed by atoms with E-state index < -0.39 is 5.41 Å². The highest BCUT2D eigenvalue weighted by Crippen LogP contribution is 2.30. The first kappa shape index (κ1) is 18.1. The highest BCUT2D eigenvalue weighted by atomic mass is 79.9. The summed E-state index contributed by atoms with van der Waals surface area (Å²) in [4.78, 5) is 13.8.